The molecule has 0 aliphatic carbocycles. The first-order valence-electron chi connectivity index (χ1n) is 10.4. The number of nitrogens with one attached hydrogen (secondary N) is 1. The SMILES string of the molecule is Cc1nc(N)c2ccc(CN3CCC(Cc4nc5ccc(Cl)cc5[nH]4)CC3=O)cc2n1.Cl. The number of halogens is 2. The lowest BCUT2D eigenvalue weighted by atomic mass is 9.92. The summed E-state index contributed by atoms with van der Waals surface area (Å²) < 4.78 is 0. The van der Waals surface area contributed by atoms with Crippen molar-refractivity contribution in [3.63, 3.8) is 0 Å². The van der Waals surface area contributed by atoms with Crippen LogP contribution in [0, 0.1) is 12.8 Å². The minimum Gasteiger partial charge on any atom is -0.383 e. The number of piperidine rings is 1. The van der Waals surface area contributed by atoms with Gasteiger partial charge in [0, 0.05) is 36.3 Å². The Morgan fingerprint density at radius 1 is 1.16 bits per heavy atom. The number of H-pyrrole nitrogens is 1. The summed E-state index contributed by atoms with van der Waals surface area (Å²) in [7, 11) is 0. The quantitative estimate of drug-likeness (QED) is 0.458. The Balaban J connectivity index is 0.00000245. The second kappa shape index (κ2) is 8.92. The topological polar surface area (TPSA) is 101 Å². The zero-order valence-electron chi connectivity index (χ0n) is 17.6. The molecule has 0 saturated carbocycles. The lowest BCUT2D eigenvalue weighted by molar-refractivity contribution is -0.135. The lowest BCUT2D eigenvalue weighted by Gasteiger charge is -2.31. The molecule has 3 heterocycles. The molecule has 1 saturated heterocycles. The van der Waals surface area contributed by atoms with E-state index in [4.69, 9.17) is 17.3 Å². The Morgan fingerprint density at radius 3 is 2.81 bits per heavy atom. The van der Waals surface area contributed by atoms with Crippen molar-refractivity contribution in [2.45, 2.75) is 32.7 Å². The van der Waals surface area contributed by atoms with Gasteiger partial charge in [0.2, 0.25) is 5.91 Å². The van der Waals surface area contributed by atoms with Crippen molar-refractivity contribution in [2.24, 2.45) is 5.92 Å². The van der Waals surface area contributed by atoms with Crippen molar-refractivity contribution in [3.8, 4) is 0 Å². The number of anilines is 1. The van der Waals surface area contributed by atoms with E-state index in [9.17, 15) is 4.79 Å². The Morgan fingerprint density at radius 2 is 2.00 bits per heavy atom. The highest BCUT2D eigenvalue weighted by Crippen LogP contribution is 2.26. The second-order valence-corrected chi connectivity index (χ2v) is 8.67. The summed E-state index contributed by atoms with van der Waals surface area (Å²) in [5, 5.41) is 1.52. The number of aromatic nitrogens is 4. The first kappa shape index (κ1) is 22.3. The molecule has 1 aliphatic rings. The number of nitrogens with zero attached hydrogens (tertiary/aromatic N) is 4. The van der Waals surface area contributed by atoms with Gasteiger partial charge in [-0.05, 0) is 55.2 Å². The van der Waals surface area contributed by atoms with E-state index in [2.05, 4.69) is 19.9 Å². The fourth-order valence-electron chi connectivity index (χ4n) is 4.33. The van der Waals surface area contributed by atoms with E-state index < -0.39 is 0 Å². The van der Waals surface area contributed by atoms with Crippen LogP contribution in [0.15, 0.2) is 36.4 Å². The van der Waals surface area contributed by atoms with Crippen LogP contribution in [-0.2, 0) is 17.8 Å². The van der Waals surface area contributed by atoms with E-state index in [1.807, 2.05) is 48.2 Å². The van der Waals surface area contributed by atoms with Crippen molar-refractivity contribution >= 4 is 57.7 Å². The first-order valence-corrected chi connectivity index (χ1v) is 10.8. The molecule has 0 bridgehead atoms. The van der Waals surface area contributed by atoms with Crippen LogP contribution in [0.2, 0.25) is 5.02 Å². The highest BCUT2D eigenvalue weighted by atomic mass is 35.5. The van der Waals surface area contributed by atoms with E-state index in [0.29, 0.717) is 29.6 Å². The van der Waals surface area contributed by atoms with Crippen molar-refractivity contribution in [1.82, 2.24) is 24.8 Å². The second-order valence-electron chi connectivity index (χ2n) is 8.23. The number of aromatic amines is 1. The standard InChI is InChI=1S/C23H23ClN6O.ClH/c1-13-26-19-8-15(2-4-17(19)23(25)27-13)12-30-7-6-14(10-22(30)31)9-21-28-18-5-3-16(24)11-20(18)29-21;/h2-5,8,11,14H,6-7,9-10,12H2,1H3,(H,28,29)(H2,25,26,27);1H. The molecule has 7 nitrogen and oxygen atoms in total. The molecule has 3 N–H and O–H groups in total. The van der Waals surface area contributed by atoms with Gasteiger partial charge < -0.3 is 15.6 Å². The Labute approximate surface area is 196 Å². The number of hydrogen-bond donors (Lipinski definition) is 2. The molecule has 1 amide bonds. The summed E-state index contributed by atoms with van der Waals surface area (Å²) in [5.74, 6) is 2.50. The molecular weight excluding hydrogens is 447 g/mol. The highest BCUT2D eigenvalue weighted by Gasteiger charge is 2.27. The molecule has 166 valence electrons. The number of benzene rings is 2. The van der Waals surface area contributed by atoms with Crippen molar-refractivity contribution in [2.75, 3.05) is 12.3 Å². The predicted molar refractivity (Wildman–Crippen MR) is 129 cm³/mol. The smallest absolute Gasteiger partial charge is 0.223 e. The van der Waals surface area contributed by atoms with Gasteiger partial charge >= 0.3 is 0 Å². The largest absolute Gasteiger partial charge is 0.383 e. The fourth-order valence-corrected chi connectivity index (χ4v) is 4.50. The molecule has 1 fully saturated rings. The number of imidazole rings is 1. The summed E-state index contributed by atoms with van der Waals surface area (Å²) in [5.41, 5.74) is 9.69. The van der Waals surface area contributed by atoms with Crippen LogP contribution in [0.5, 0.6) is 0 Å². The number of fused-ring (bicyclic) bond motifs is 2. The van der Waals surface area contributed by atoms with E-state index in [1.165, 1.54) is 0 Å². The van der Waals surface area contributed by atoms with Crippen molar-refractivity contribution in [3.05, 3.63) is 58.6 Å². The van der Waals surface area contributed by atoms with Gasteiger partial charge in [-0.3, -0.25) is 4.79 Å². The van der Waals surface area contributed by atoms with Crippen LogP contribution in [0.4, 0.5) is 5.82 Å². The summed E-state index contributed by atoms with van der Waals surface area (Å²) in [6, 6.07) is 11.6. The molecule has 2 aromatic carbocycles. The van der Waals surface area contributed by atoms with Gasteiger partial charge in [-0.2, -0.15) is 0 Å². The molecule has 1 unspecified atom stereocenters. The molecule has 1 aliphatic heterocycles. The molecule has 0 radical (unpaired) electrons. The number of likely N-dealkylation sites (tertiary alicyclic amines) is 1. The van der Waals surface area contributed by atoms with Gasteiger partial charge in [0.1, 0.15) is 17.5 Å². The van der Waals surface area contributed by atoms with Gasteiger partial charge in [-0.15, -0.1) is 12.4 Å². The number of rotatable bonds is 4. The third kappa shape index (κ3) is 4.49. The molecule has 2 aromatic heterocycles. The molecule has 9 heteroatoms. The Bertz CT molecular complexity index is 1300. The molecule has 5 rings (SSSR count). The first-order chi connectivity index (χ1) is 14.9. The summed E-state index contributed by atoms with van der Waals surface area (Å²) in [6.07, 6.45) is 2.24. The van der Waals surface area contributed by atoms with Gasteiger partial charge in [-0.1, -0.05) is 17.7 Å². The molecule has 0 spiro atoms. The summed E-state index contributed by atoms with van der Waals surface area (Å²) in [6.45, 7) is 3.14. The number of amides is 1. The summed E-state index contributed by atoms with van der Waals surface area (Å²) in [4.78, 5) is 31.4. The van der Waals surface area contributed by atoms with Crippen molar-refractivity contribution in [1.29, 1.82) is 0 Å². The molecule has 1 atom stereocenters. The average Bonchev–Trinajstić information content (AvgIpc) is 3.11. The monoisotopic (exact) mass is 470 g/mol. The van der Waals surface area contributed by atoms with Crippen LogP contribution in [0.1, 0.15) is 30.1 Å². The maximum absolute atomic E-state index is 12.8. The zero-order valence-corrected chi connectivity index (χ0v) is 19.2. The van der Waals surface area contributed by atoms with Crippen molar-refractivity contribution < 1.29 is 4.79 Å². The van der Waals surface area contributed by atoms with E-state index in [1.54, 1.807) is 0 Å². The van der Waals surface area contributed by atoms with Gasteiger partial charge in [0.15, 0.2) is 0 Å². The van der Waals surface area contributed by atoms with Gasteiger partial charge in [0.25, 0.3) is 0 Å². The number of aryl methyl sites for hydroxylation is 1. The average molecular weight is 471 g/mol. The normalized spacial score (nSPS) is 16.5. The van der Waals surface area contributed by atoms with E-state index >= 15 is 0 Å². The maximum atomic E-state index is 12.8. The van der Waals surface area contributed by atoms with E-state index in [0.717, 1.165) is 52.7 Å². The Hall–Kier alpha value is -2.90. The van der Waals surface area contributed by atoms with E-state index in [-0.39, 0.29) is 24.2 Å². The van der Waals surface area contributed by atoms with Gasteiger partial charge in [-0.25, -0.2) is 15.0 Å². The predicted octanol–water partition coefficient (Wildman–Crippen LogP) is 4.45. The Kier molecular flexibility index (Phi) is 6.22. The maximum Gasteiger partial charge on any atom is 0.223 e. The number of carbonyl (C=O) groups excluding carboxylic acids is 1. The van der Waals surface area contributed by atoms with Crippen LogP contribution >= 0.6 is 24.0 Å². The summed E-state index contributed by atoms with van der Waals surface area (Å²) >= 11 is 6.06. The van der Waals surface area contributed by atoms with Crippen LogP contribution in [0.25, 0.3) is 21.9 Å². The minimum atomic E-state index is 0. The third-order valence-corrected chi connectivity index (χ3v) is 6.11. The molecule has 4 aromatic rings. The molecule has 32 heavy (non-hydrogen) atoms. The van der Waals surface area contributed by atoms with Crippen LogP contribution in [0.3, 0.4) is 0 Å². The van der Waals surface area contributed by atoms with Crippen LogP contribution < -0.4 is 5.73 Å². The lowest BCUT2D eigenvalue weighted by Crippen LogP contribution is -2.38. The number of hydrogen-bond acceptors (Lipinski definition) is 5. The number of carbonyl (C=O) groups is 1. The van der Waals surface area contributed by atoms with Crippen LogP contribution in [-0.4, -0.2) is 37.3 Å². The molecular formula is C23H24Cl2N6O. The zero-order chi connectivity index (χ0) is 21.5. The number of nitrogen functional groups attached to an aromatic ring is 1. The fraction of sp³-hybridized carbons (Fsp3) is 0.304. The number of nitrogens with two attached hydrogens (primary N) is 1. The third-order valence-electron chi connectivity index (χ3n) is 5.87. The minimum absolute atomic E-state index is 0. The highest BCUT2D eigenvalue weighted by molar-refractivity contribution is 6.31. The van der Waals surface area contributed by atoms with Gasteiger partial charge in [0.05, 0.1) is 16.6 Å².